The predicted molar refractivity (Wildman–Crippen MR) is 76.9 cm³/mol. The van der Waals surface area contributed by atoms with Crippen LogP contribution in [0.3, 0.4) is 0 Å². The zero-order valence-electron chi connectivity index (χ0n) is 10.1. The van der Waals surface area contributed by atoms with Crippen molar-refractivity contribution >= 4 is 27.5 Å². The first-order valence-corrected chi connectivity index (χ1v) is 6.59. The fraction of sp³-hybridized carbons (Fsp3) is 0.167. The Morgan fingerprint density at radius 3 is 2.53 bits per heavy atom. The molecular weight excluding hydrogens is 332 g/mol. The molecule has 0 bridgehead atoms. The average Bonchev–Trinajstić information content (AvgIpc) is 2.44. The maximum atomic E-state index is 5.97. The number of hydrogen-bond acceptors (Lipinski definition) is 5. The van der Waals surface area contributed by atoms with Crippen molar-refractivity contribution < 1.29 is 4.74 Å². The summed E-state index contributed by atoms with van der Waals surface area (Å²) in [5.41, 5.74) is 4.52. The van der Waals surface area contributed by atoms with Crippen LogP contribution >= 0.6 is 27.5 Å². The zero-order valence-corrected chi connectivity index (χ0v) is 12.4. The molecule has 100 valence electrons. The Balaban J connectivity index is 2.34. The van der Waals surface area contributed by atoms with Crippen LogP contribution in [-0.4, -0.2) is 17.1 Å². The van der Waals surface area contributed by atoms with Crippen molar-refractivity contribution in [2.75, 3.05) is 7.11 Å². The van der Waals surface area contributed by atoms with Crippen LogP contribution in [0.4, 0.5) is 0 Å². The smallest absolute Gasteiger partial charge is 0.316 e. The minimum absolute atomic E-state index is 0.223. The van der Waals surface area contributed by atoms with Crippen molar-refractivity contribution in [3.63, 3.8) is 0 Å². The molecule has 19 heavy (non-hydrogen) atoms. The monoisotopic (exact) mass is 342 g/mol. The summed E-state index contributed by atoms with van der Waals surface area (Å²) in [7, 11) is 1.52. The van der Waals surface area contributed by atoms with Gasteiger partial charge in [-0.2, -0.15) is 0 Å². The first-order chi connectivity index (χ1) is 9.15. The number of nitrogens with two attached hydrogens (primary N) is 1. The summed E-state index contributed by atoms with van der Waals surface area (Å²) < 4.78 is 5.73. The summed E-state index contributed by atoms with van der Waals surface area (Å²) >= 11 is 9.36. The topological polar surface area (TPSA) is 73.1 Å². The van der Waals surface area contributed by atoms with Crippen molar-refractivity contribution in [3.05, 3.63) is 51.2 Å². The third kappa shape index (κ3) is 3.22. The second-order valence-corrected chi connectivity index (χ2v) is 5.04. The summed E-state index contributed by atoms with van der Waals surface area (Å²) in [4.78, 5) is 8.13. The first-order valence-electron chi connectivity index (χ1n) is 5.42. The van der Waals surface area contributed by atoms with E-state index in [2.05, 4.69) is 31.3 Å². The maximum absolute atomic E-state index is 5.97. The van der Waals surface area contributed by atoms with Gasteiger partial charge in [0.15, 0.2) is 0 Å². The van der Waals surface area contributed by atoms with Gasteiger partial charge in [-0.3, -0.25) is 5.84 Å². The minimum atomic E-state index is -0.223. The van der Waals surface area contributed by atoms with Gasteiger partial charge in [0, 0.05) is 22.4 Å². The molecule has 2 aromatic rings. The van der Waals surface area contributed by atoms with Crippen LogP contribution in [0.5, 0.6) is 6.01 Å². The van der Waals surface area contributed by atoms with Crippen molar-refractivity contribution in [2.45, 2.75) is 6.04 Å². The van der Waals surface area contributed by atoms with E-state index in [0.717, 1.165) is 15.6 Å². The normalized spacial score (nSPS) is 12.2. The number of hydrazine groups is 1. The van der Waals surface area contributed by atoms with E-state index in [-0.39, 0.29) is 6.04 Å². The lowest BCUT2D eigenvalue weighted by molar-refractivity contribution is 0.378. The van der Waals surface area contributed by atoms with Crippen molar-refractivity contribution in [1.82, 2.24) is 15.4 Å². The van der Waals surface area contributed by atoms with Gasteiger partial charge >= 0.3 is 6.01 Å². The van der Waals surface area contributed by atoms with E-state index in [1.807, 2.05) is 12.1 Å². The van der Waals surface area contributed by atoms with Gasteiger partial charge in [0.2, 0.25) is 0 Å². The first kappa shape index (κ1) is 14.2. The third-order valence-electron chi connectivity index (χ3n) is 2.61. The van der Waals surface area contributed by atoms with Crippen molar-refractivity contribution in [3.8, 4) is 6.01 Å². The van der Waals surface area contributed by atoms with E-state index < -0.39 is 0 Å². The number of rotatable bonds is 4. The van der Waals surface area contributed by atoms with Gasteiger partial charge in [-0.15, -0.1) is 0 Å². The molecule has 2 rings (SSSR count). The molecule has 0 saturated heterocycles. The highest BCUT2D eigenvalue weighted by molar-refractivity contribution is 9.10. The molecule has 1 atom stereocenters. The third-order valence-corrected chi connectivity index (χ3v) is 3.82. The van der Waals surface area contributed by atoms with E-state index in [0.29, 0.717) is 11.0 Å². The lowest BCUT2D eigenvalue weighted by Crippen LogP contribution is -2.29. The number of nitrogens with zero attached hydrogens (tertiary/aromatic N) is 2. The molecule has 5 nitrogen and oxygen atoms in total. The predicted octanol–water partition coefficient (Wildman–Crippen LogP) is 2.45. The Bertz CT molecular complexity index is 564. The molecule has 0 spiro atoms. The van der Waals surface area contributed by atoms with E-state index >= 15 is 0 Å². The van der Waals surface area contributed by atoms with Crippen molar-refractivity contribution in [1.29, 1.82) is 0 Å². The molecule has 0 aliphatic heterocycles. The Morgan fingerprint density at radius 2 is 2.00 bits per heavy atom. The molecule has 0 saturated carbocycles. The second kappa shape index (κ2) is 6.29. The highest BCUT2D eigenvalue weighted by Gasteiger charge is 2.14. The summed E-state index contributed by atoms with van der Waals surface area (Å²) in [5, 5.41) is 0.644. The van der Waals surface area contributed by atoms with E-state index in [4.69, 9.17) is 22.2 Å². The number of hydrogen-bond donors (Lipinski definition) is 2. The number of ether oxygens (including phenoxy) is 1. The standard InChI is InChI=1S/C12H12BrClN4O/c1-19-12-16-5-8(6-17-12)11(18-15)7-2-3-10(14)9(13)4-7/h2-6,11,18H,15H2,1H3. The highest BCUT2D eigenvalue weighted by atomic mass is 79.9. The van der Waals surface area contributed by atoms with Crippen LogP contribution in [0, 0.1) is 0 Å². The van der Waals surface area contributed by atoms with Gasteiger partial charge in [-0.05, 0) is 33.6 Å². The fourth-order valence-corrected chi connectivity index (χ4v) is 2.17. The molecular formula is C12H12BrClN4O. The molecule has 1 unspecified atom stereocenters. The Labute approximate surface area is 124 Å². The summed E-state index contributed by atoms with van der Waals surface area (Å²) in [5.74, 6) is 5.61. The SMILES string of the molecule is COc1ncc(C(NN)c2ccc(Cl)c(Br)c2)cn1. The van der Waals surface area contributed by atoms with Crippen LogP contribution in [0.2, 0.25) is 5.02 Å². The van der Waals surface area contributed by atoms with Crippen LogP contribution in [0.15, 0.2) is 35.1 Å². The number of halogens is 2. The lowest BCUT2D eigenvalue weighted by atomic mass is 10.0. The summed E-state index contributed by atoms with van der Waals surface area (Å²) in [6, 6.07) is 5.69. The highest BCUT2D eigenvalue weighted by Crippen LogP contribution is 2.28. The average molecular weight is 344 g/mol. The van der Waals surface area contributed by atoms with Gasteiger partial charge in [0.1, 0.15) is 0 Å². The molecule has 1 heterocycles. The summed E-state index contributed by atoms with van der Waals surface area (Å²) in [6.45, 7) is 0. The second-order valence-electron chi connectivity index (χ2n) is 3.78. The van der Waals surface area contributed by atoms with E-state index in [1.165, 1.54) is 7.11 Å². The van der Waals surface area contributed by atoms with Gasteiger partial charge in [0.05, 0.1) is 18.2 Å². The largest absolute Gasteiger partial charge is 0.467 e. The molecule has 1 aromatic heterocycles. The minimum Gasteiger partial charge on any atom is -0.467 e. The van der Waals surface area contributed by atoms with Crippen LogP contribution in [0.1, 0.15) is 17.2 Å². The zero-order chi connectivity index (χ0) is 13.8. The molecule has 7 heteroatoms. The molecule has 0 fully saturated rings. The van der Waals surface area contributed by atoms with Gasteiger partial charge in [-0.25, -0.2) is 15.4 Å². The Kier molecular flexibility index (Phi) is 4.71. The molecule has 0 aliphatic rings. The molecule has 3 N–H and O–H groups in total. The Morgan fingerprint density at radius 1 is 1.32 bits per heavy atom. The Hall–Kier alpha value is -1.21. The van der Waals surface area contributed by atoms with Crippen LogP contribution in [-0.2, 0) is 0 Å². The molecule has 1 aromatic carbocycles. The molecule has 0 radical (unpaired) electrons. The van der Waals surface area contributed by atoms with Gasteiger partial charge < -0.3 is 4.74 Å². The lowest BCUT2D eigenvalue weighted by Gasteiger charge is -2.16. The van der Waals surface area contributed by atoms with E-state index in [9.17, 15) is 0 Å². The van der Waals surface area contributed by atoms with E-state index in [1.54, 1.807) is 18.5 Å². The number of nitrogens with one attached hydrogen (secondary N) is 1. The van der Waals surface area contributed by atoms with Crippen LogP contribution in [0.25, 0.3) is 0 Å². The number of methoxy groups -OCH3 is 1. The maximum Gasteiger partial charge on any atom is 0.316 e. The molecule has 0 aliphatic carbocycles. The van der Waals surface area contributed by atoms with Gasteiger partial charge in [-0.1, -0.05) is 17.7 Å². The summed E-state index contributed by atoms with van der Waals surface area (Å²) in [6.07, 6.45) is 3.33. The number of aromatic nitrogens is 2. The quantitative estimate of drug-likeness (QED) is 0.659. The fourth-order valence-electron chi connectivity index (χ4n) is 1.66. The van der Waals surface area contributed by atoms with Crippen LogP contribution < -0.4 is 16.0 Å². The van der Waals surface area contributed by atoms with Gasteiger partial charge in [0.25, 0.3) is 0 Å². The number of benzene rings is 1. The van der Waals surface area contributed by atoms with Crippen molar-refractivity contribution in [2.24, 2.45) is 5.84 Å². The molecule has 0 amide bonds.